The van der Waals surface area contributed by atoms with Crippen LogP contribution in [0.1, 0.15) is 5.56 Å². The van der Waals surface area contributed by atoms with Crippen molar-refractivity contribution < 1.29 is 13.2 Å². The number of aromatic nitrogens is 1. The van der Waals surface area contributed by atoms with Gasteiger partial charge < -0.3 is 4.74 Å². The van der Waals surface area contributed by atoms with Gasteiger partial charge in [-0.25, -0.2) is 13.4 Å². The van der Waals surface area contributed by atoms with E-state index in [2.05, 4.69) is 35.3 Å². The molecule has 1 saturated heterocycles. The van der Waals surface area contributed by atoms with Crippen LogP contribution in [-0.4, -0.2) is 44.0 Å². The molecule has 5 nitrogen and oxygen atoms in total. The van der Waals surface area contributed by atoms with Gasteiger partial charge in [0.25, 0.3) is 0 Å². The minimum atomic E-state index is -3.49. The summed E-state index contributed by atoms with van der Waals surface area (Å²) >= 11 is 1.60. The minimum Gasteiger partial charge on any atom is -0.379 e. The summed E-state index contributed by atoms with van der Waals surface area (Å²) in [6.07, 6.45) is 1.45. The maximum atomic E-state index is 12.6. The van der Waals surface area contributed by atoms with Crippen molar-refractivity contribution in [2.75, 3.05) is 26.3 Å². The summed E-state index contributed by atoms with van der Waals surface area (Å²) in [5.74, 6) is 0.782. The SMILES string of the molecule is O=S(=O)(c1ccc(SCc2cccc3ccccc23)nc1)N1CCOCC1. The lowest BCUT2D eigenvalue weighted by Crippen LogP contribution is -2.40. The van der Waals surface area contributed by atoms with Crippen LogP contribution in [-0.2, 0) is 20.5 Å². The number of fused-ring (bicyclic) bond motifs is 1. The highest BCUT2D eigenvalue weighted by molar-refractivity contribution is 7.98. The fraction of sp³-hybridized carbons (Fsp3) is 0.250. The van der Waals surface area contributed by atoms with Crippen LogP contribution in [0.5, 0.6) is 0 Å². The second-order valence-corrected chi connectivity index (χ2v) is 9.21. The summed E-state index contributed by atoms with van der Waals surface area (Å²) < 4.78 is 32.0. The number of nitrogens with zero attached hydrogens (tertiary/aromatic N) is 2. The predicted molar refractivity (Wildman–Crippen MR) is 107 cm³/mol. The Labute approximate surface area is 163 Å². The number of rotatable bonds is 5. The Hall–Kier alpha value is -1.93. The van der Waals surface area contributed by atoms with E-state index in [0.29, 0.717) is 26.3 Å². The van der Waals surface area contributed by atoms with E-state index in [9.17, 15) is 8.42 Å². The van der Waals surface area contributed by atoms with E-state index < -0.39 is 10.0 Å². The molecule has 3 aromatic rings. The van der Waals surface area contributed by atoms with Crippen LogP contribution in [0.15, 0.2) is 70.7 Å². The minimum absolute atomic E-state index is 0.235. The van der Waals surface area contributed by atoms with Crippen molar-refractivity contribution in [2.24, 2.45) is 0 Å². The van der Waals surface area contributed by atoms with Crippen LogP contribution < -0.4 is 0 Å². The first-order chi connectivity index (χ1) is 13.1. The number of benzene rings is 2. The molecule has 2 heterocycles. The second kappa shape index (κ2) is 7.98. The summed E-state index contributed by atoms with van der Waals surface area (Å²) in [5, 5.41) is 3.26. The molecule has 4 rings (SSSR count). The van der Waals surface area contributed by atoms with Crippen molar-refractivity contribution in [3.05, 3.63) is 66.4 Å². The third-order valence-corrected chi connectivity index (χ3v) is 7.45. The molecule has 0 spiro atoms. The molecule has 0 saturated carbocycles. The third-order valence-electron chi connectivity index (χ3n) is 4.57. The molecule has 0 bridgehead atoms. The molecular weight excluding hydrogens is 380 g/mol. The zero-order chi connectivity index (χ0) is 18.7. The molecule has 0 N–H and O–H groups in total. The molecular formula is C20H20N2O3S2. The van der Waals surface area contributed by atoms with Crippen molar-refractivity contribution in [2.45, 2.75) is 15.7 Å². The molecule has 7 heteroatoms. The van der Waals surface area contributed by atoms with Gasteiger partial charge >= 0.3 is 0 Å². The number of hydrogen-bond acceptors (Lipinski definition) is 5. The van der Waals surface area contributed by atoms with E-state index in [0.717, 1.165) is 10.8 Å². The monoisotopic (exact) mass is 400 g/mol. The van der Waals surface area contributed by atoms with Crippen LogP contribution >= 0.6 is 11.8 Å². The van der Waals surface area contributed by atoms with Gasteiger partial charge in [0.05, 0.1) is 18.2 Å². The first-order valence-electron chi connectivity index (χ1n) is 8.78. The Morgan fingerprint density at radius 3 is 2.56 bits per heavy atom. The van der Waals surface area contributed by atoms with Gasteiger partial charge in [0, 0.05) is 25.0 Å². The third kappa shape index (κ3) is 4.01. The fourth-order valence-electron chi connectivity index (χ4n) is 3.11. The predicted octanol–water partition coefficient (Wildman–Crippen LogP) is 3.55. The molecule has 27 heavy (non-hydrogen) atoms. The van der Waals surface area contributed by atoms with Gasteiger partial charge in [-0.1, -0.05) is 42.5 Å². The number of hydrogen-bond donors (Lipinski definition) is 0. The number of sulfonamides is 1. The highest BCUT2D eigenvalue weighted by Gasteiger charge is 2.26. The fourth-order valence-corrected chi connectivity index (χ4v) is 5.31. The van der Waals surface area contributed by atoms with Gasteiger partial charge in [0.15, 0.2) is 0 Å². The van der Waals surface area contributed by atoms with E-state index in [1.807, 2.05) is 12.1 Å². The van der Waals surface area contributed by atoms with Gasteiger partial charge in [0.1, 0.15) is 4.90 Å². The van der Waals surface area contributed by atoms with E-state index in [4.69, 9.17) is 4.74 Å². The lowest BCUT2D eigenvalue weighted by Gasteiger charge is -2.25. The normalized spacial score (nSPS) is 15.9. The topological polar surface area (TPSA) is 59.5 Å². The highest BCUT2D eigenvalue weighted by Crippen LogP contribution is 2.27. The summed E-state index contributed by atoms with van der Waals surface area (Å²) in [6, 6.07) is 18.0. The van der Waals surface area contributed by atoms with E-state index in [-0.39, 0.29) is 4.90 Å². The van der Waals surface area contributed by atoms with Crippen LogP contribution in [0.4, 0.5) is 0 Å². The molecule has 1 aliphatic heterocycles. The molecule has 1 aromatic heterocycles. The van der Waals surface area contributed by atoms with Crippen LogP contribution in [0.25, 0.3) is 10.8 Å². The smallest absolute Gasteiger partial charge is 0.244 e. The first-order valence-corrected chi connectivity index (χ1v) is 11.2. The Kier molecular flexibility index (Phi) is 5.45. The Bertz CT molecular complexity index is 1030. The molecule has 0 atom stereocenters. The molecule has 0 amide bonds. The van der Waals surface area contributed by atoms with Gasteiger partial charge in [-0.15, -0.1) is 11.8 Å². The Morgan fingerprint density at radius 1 is 1.00 bits per heavy atom. The maximum absolute atomic E-state index is 12.6. The lowest BCUT2D eigenvalue weighted by molar-refractivity contribution is 0.0730. The Balaban J connectivity index is 1.48. The van der Waals surface area contributed by atoms with Crippen molar-refractivity contribution in [3.8, 4) is 0 Å². The second-order valence-electron chi connectivity index (χ2n) is 6.28. The molecule has 1 aliphatic rings. The van der Waals surface area contributed by atoms with Gasteiger partial charge in [-0.2, -0.15) is 4.31 Å². The average Bonchev–Trinajstić information content (AvgIpc) is 2.73. The average molecular weight is 401 g/mol. The Morgan fingerprint density at radius 2 is 1.78 bits per heavy atom. The zero-order valence-electron chi connectivity index (χ0n) is 14.7. The highest BCUT2D eigenvalue weighted by atomic mass is 32.2. The maximum Gasteiger partial charge on any atom is 0.244 e. The van der Waals surface area contributed by atoms with Crippen molar-refractivity contribution in [3.63, 3.8) is 0 Å². The summed E-state index contributed by atoms with van der Waals surface area (Å²) in [4.78, 5) is 4.60. The van der Waals surface area contributed by atoms with Crippen LogP contribution in [0.2, 0.25) is 0 Å². The van der Waals surface area contributed by atoms with Crippen molar-refractivity contribution in [1.82, 2.24) is 9.29 Å². The van der Waals surface area contributed by atoms with Crippen LogP contribution in [0, 0.1) is 0 Å². The summed E-state index contributed by atoms with van der Waals surface area (Å²) in [7, 11) is -3.49. The molecule has 0 unspecified atom stereocenters. The van der Waals surface area contributed by atoms with E-state index in [1.165, 1.54) is 26.8 Å². The van der Waals surface area contributed by atoms with Crippen LogP contribution in [0.3, 0.4) is 0 Å². The van der Waals surface area contributed by atoms with Crippen molar-refractivity contribution >= 4 is 32.6 Å². The molecule has 1 fully saturated rings. The molecule has 140 valence electrons. The standard InChI is InChI=1S/C20H20N2O3S2/c23-27(24,22-10-12-25-13-11-22)18-8-9-20(21-14-18)26-15-17-6-3-5-16-4-1-2-7-19(16)17/h1-9,14H,10-13,15H2. The van der Waals surface area contributed by atoms with Gasteiger partial charge in [-0.05, 0) is 28.5 Å². The number of morpholine rings is 1. The largest absolute Gasteiger partial charge is 0.379 e. The quantitative estimate of drug-likeness (QED) is 0.613. The molecule has 0 aliphatic carbocycles. The summed E-state index contributed by atoms with van der Waals surface area (Å²) in [6.45, 7) is 1.65. The molecule has 0 radical (unpaired) electrons. The lowest BCUT2D eigenvalue weighted by atomic mass is 10.1. The van der Waals surface area contributed by atoms with E-state index in [1.54, 1.807) is 23.9 Å². The van der Waals surface area contributed by atoms with Gasteiger partial charge in [0.2, 0.25) is 10.0 Å². The first kappa shape index (κ1) is 18.4. The summed E-state index contributed by atoms with van der Waals surface area (Å²) in [5.41, 5.74) is 1.24. The molecule has 2 aromatic carbocycles. The number of ether oxygens (including phenoxy) is 1. The zero-order valence-corrected chi connectivity index (χ0v) is 16.4. The van der Waals surface area contributed by atoms with Crippen molar-refractivity contribution in [1.29, 1.82) is 0 Å². The van der Waals surface area contributed by atoms with Gasteiger partial charge in [-0.3, -0.25) is 0 Å². The number of thioether (sulfide) groups is 1. The van der Waals surface area contributed by atoms with E-state index >= 15 is 0 Å². The number of pyridine rings is 1.